The number of fused-ring (bicyclic) bond motifs is 1. The number of imidazole rings is 1. The number of aromatic nitrogens is 4. The van der Waals surface area contributed by atoms with Crippen molar-refractivity contribution >= 4 is 16.8 Å². The Morgan fingerprint density at radius 3 is 2.67 bits per heavy atom. The van der Waals surface area contributed by atoms with Crippen molar-refractivity contribution in [2.24, 2.45) is 5.73 Å². The van der Waals surface area contributed by atoms with Crippen molar-refractivity contribution in [3.05, 3.63) is 84.6 Å². The zero-order chi connectivity index (χ0) is 20.9. The molecule has 0 saturated carbocycles. The van der Waals surface area contributed by atoms with Crippen molar-refractivity contribution in [2.45, 2.75) is 38.6 Å². The average Bonchev–Trinajstić information content (AvgIpc) is 3.41. The highest BCUT2D eigenvalue weighted by molar-refractivity contribution is 5.90. The Balaban J connectivity index is 1.52. The molecule has 0 bridgehead atoms. The molecule has 0 aliphatic heterocycles. The number of hydrogen-bond donors (Lipinski definition) is 1. The highest BCUT2D eigenvalue weighted by Crippen LogP contribution is 2.23. The maximum absolute atomic E-state index is 11.5. The van der Waals surface area contributed by atoms with Crippen molar-refractivity contribution in [2.75, 3.05) is 0 Å². The summed E-state index contributed by atoms with van der Waals surface area (Å²) in [4.78, 5) is 15.7. The largest absolute Gasteiger partial charge is 0.372 e. The molecule has 7 nitrogen and oxygen atoms in total. The van der Waals surface area contributed by atoms with Crippen molar-refractivity contribution in [3.63, 3.8) is 0 Å². The molecule has 4 aromatic rings. The van der Waals surface area contributed by atoms with E-state index < -0.39 is 5.91 Å². The van der Waals surface area contributed by atoms with Gasteiger partial charge in [0.25, 0.3) is 5.91 Å². The second kappa shape index (κ2) is 8.92. The molecular weight excluding hydrogens is 378 g/mol. The molecule has 0 spiro atoms. The third kappa shape index (κ3) is 4.41. The first-order valence-electron chi connectivity index (χ1n) is 10.0. The summed E-state index contributed by atoms with van der Waals surface area (Å²) in [5.41, 5.74) is 7.85. The number of rotatable bonds is 9. The number of benzene rings is 2. The molecule has 7 heteroatoms. The van der Waals surface area contributed by atoms with E-state index in [1.165, 1.54) is 0 Å². The van der Waals surface area contributed by atoms with E-state index in [0.29, 0.717) is 13.2 Å². The molecule has 4 rings (SSSR count). The number of ether oxygens (including phenoxy) is 1. The lowest BCUT2D eigenvalue weighted by Gasteiger charge is -2.26. The van der Waals surface area contributed by atoms with Crippen LogP contribution in [-0.4, -0.2) is 31.3 Å². The van der Waals surface area contributed by atoms with Crippen LogP contribution in [0.15, 0.2) is 73.3 Å². The first kappa shape index (κ1) is 19.8. The van der Waals surface area contributed by atoms with Crippen LogP contribution in [0, 0.1) is 0 Å². The fourth-order valence-corrected chi connectivity index (χ4v) is 3.64. The lowest BCUT2D eigenvalue weighted by atomic mass is 10.1. The lowest BCUT2D eigenvalue weighted by Crippen LogP contribution is -2.25. The van der Waals surface area contributed by atoms with Gasteiger partial charge in [0.1, 0.15) is 5.69 Å². The van der Waals surface area contributed by atoms with Gasteiger partial charge in [0.05, 0.1) is 36.8 Å². The Hall–Kier alpha value is -3.45. The molecule has 0 aliphatic carbocycles. The SMILES string of the molecule is C[C@H](OCc1ccccc1)[C@@H](CCn1ncc2ccccc21)n1cnc(C(N)=O)c1. The van der Waals surface area contributed by atoms with E-state index in [0.717, 1.165) is 22.9 Å². The smallest absolute Gasteiger partial charge is 0.268 e. The fourth-order valence-electron chi connectivity index (χ4n) is 3.64. The van der Waals surface area contributed by atoms with Gasteiger partial charge >= 0.3 is 0 Å². The molecule has 0 unspecified atom stereocenters. The monoisotopic (exact) mass is 403 g/mol. The molecular formula is C23H25N5O2. The number of nitrogens with two attached hydrogens (primary N) is 1. The van der Waals surface area contributed by atoms with Gasteiger partial charge < -0.3 is 15.0 Å². The second-order valence-corrected chi connectivity index (χ2v) is 7.35. The van der Waals surface area contributed by atoms with E-state index in [1.807, 2.05) is 64.8 Å². The van der Waals surface area contributed by atoms with E-state index in [9.17, 15) is 4.79 Å². The Labute approximate surface area is 175 Å². The number of aryl methyl sites for hydroxylation is 1. The van der Waals surface area contributed by atoms with Crippen LogP contribution >= 0.6 is 0 Å². The molecule has 0 fully saturated rings. The zero-order valence-corrected chi connectivity index (χ0v) is 16.9. The lowest BCUT2D eigenvalue weighted by molar-refractivity contribution is 0.0135. The summed E-state index contributed by atoms with van der Waals surface area (Å²) in [7, 11) is 0. The number of para-hydroxylation sites is 1. The van der Waals surface area contributed by atoms with Crippen molar-refractivity contribution < 1.29 is 9.53 Å². The van der Waals surface area contributed by atoms with Crippen LogP contribution < -0.4 is 5.73 Å². The van der Waals surface area contributed by atoms with Gasteiger partial charge in [0.2, 0.25) is 0 Å². The van der Waals surface area contributed by atoms with Gasteiger partial charge in [-0.15, -0.1) is 0 Å². The number of carbonyl (C=O) groups is 1. The maximum Gasteiger partial charge on any atom is 0.268 e. The quantitative estimate of drug-likeness (QED) is 0.463. The Morgan fingerprint density at radius 2 is 1.90 bits per heavy atom. The van der Waals surface area contributed by atoms with Crippen LogP contribution in [0.2, 0.25) is 0 Å². The van der Waals surface area contributed by atoms with Gasteiger partial charge in [-0.1, -0.05) is 48.5 Å². The normalized spacial score (nSPS) is 13.4. The number of carbonyl (C=O) groups excluding carboxylic acids is 1. The molecule has 1 amide bonds. The second-order valence-electron chi connectivity index (χ2n) is 7.35. The molecule has 2 N–H and O–H groups in total. The molecule has 0 radical (unpaired) electrons. The van der Waals surface area contributed by atoms with Crippen LogP contribution in [0.25, 0.3) is 10.9 Å². The fraction of sp³-hybridized carbons (Fsp3) is 0.261. The van der Waals surface area contributed by atoms with Gasteiger partial charge in [0.15, 0.2) is 0 Å². The Bertz CT molecular complexity index is 1120. The number of primary amides is 1. The highest BCUT2D eigenvalue weighted by atomic mass is 16.5. The van der Waals surface area contributed by atoms with E-state index >= 15 is 0 Å². The van der Waals surface area contributed by atoms with Crippen molar-refractivity contribution in [1.82, 2.24) is 19.3 Å². The van der Waals surface area contributed by atoms with Crippen molar-refractivity contribution in [1.29, 1.82) is 0 Å². The minimum Gasteiger partial charge on any atom is -0.372 e. The van der Waals surface area contributed by atoms with E-state index in [-0.39, 0.29) is 17.8 Å². The van der Waals surface area contributed by atoms with Crippen molar-refractivity contribution in [3.8, 4) is 0 Å². The van der Waals surface area contributed by atoms with E-state index in [4.69, 9.17) is 10.5 Å². The third-order valence-electron chi connectivity index (χ3n) is 5.32. The summed E-state index contributed by atoms with van der Waals surface area (Å²) in [5.74, 6) is -0.538. The highest BCUT2D eigenvalue weighted by Gasteiger charge is 2.22. The first-order chi connectivity index (χ1) is 14.6. The molecule has 2 aromatic heterocycles. The molecule has 0 saturated heterocycles. The van der Waals surface area contributed by atoms with E-state index in [1.54, 1.807) is 12.5 Å². The minimum atomic E-state index is -0.538. The van der Waals surface area contributed by atoms with Gasteiger partial charge in [-0.2, -0.15) is 5.10 Å². The maximum atomic E-state index is 11.5. The number of amides is 1. The molecule has 2 atom stereocenters. The van der Waals surface area contributed by atoms with Gasteiger partial charge in [-0.3, -0.25) is 9.48 Å². The summed E-state index contributed by atoms with van der Waals surface area (Å²) < 4.78 is 10.1. The predicted molar refractivity (Wildman–Crippen MR) is 115 cm³/mol. The summed E-state index contributed by atoms with van der Waals surface area (Å²) >= 11 is 0. The van der Waals surface area contributed by atoms with Gasteiger partial charge in [-0.05, 0) is 25.0 Å². The van der Waals surface area contributed by atoms with Crippen LogP contribution in [0.1, 0.15) is 35.4 Å². The summed E-state index contributed by atoms with van der Waals surface area (Å²) in [6, 6.07) is 18.2. The van der Waals surface area contributed by atoms with Crippen LogP contribution in [0.4, 0.5) is 0 Å². The van der Waals surface area contributed by atoms with Crippen LogP contribution in [0.3, 0.4) is 0 Å². The first-order valence-corrected chi connectivity index (χ1v) is 10.0. The van der Waals surface area contributed by atoms with E-state index in [2.05, 4.69) is 22.2 Å². The third-order valence-corrected chi connectivity index (χ3v) is 5.32. The van der Waals surface area contributed by atoms with Crippen LogP contribution in [-0.2, 0) is 17.9 Å². The average molecular weight is 403 g/mol. The Morgan fingerprint density at radius 1 is 1.13 bits per heavy atom. The number of nitrogens with zero attached hydrogens (tertiary/aromatic N) is 4. The zero-order valence-electron chi connectivity index (χ0n) is 16.9. The standard InChI is InChI=1S/C23H25N5O2/c1-17(30-15-18-7-3-2-4-8-18)21(27-14-20(23(24)29)25-16-27)11-12-28-22-10-6-5-9-19(22)13-26-28/h2-10,13-14,16-17,21H,11-12,15H2,1H3,(H2,24,29)/t17-,21+/m0/s1. The molecule has 2 aromatic carbocycles. The topological polar surface area (TPSA) is 88.0 Å². The summed E-state index contributed by atoms with van der Waals surface area (Å²) in [5, 5.41) is 5.64. The van der Waals surface area contributed by atoms with Crippen LogP contribution in [0.5, 0.6) is 0 Å². The summed E-state index contributed by atoms with van der Waals surface area (Å²) in [6.07, 6.45) is 5.87. The van der Waals surface area contributed by atoms with Gasteiger partial charge in [-0.25, -0.2) is 4.98 Å². The molecule has 154 valence electrons. The number of hydrogen-bond acceptors (Lipinski definition) is 4. The van der Waals surface area contributed by atoms with Gasteiger partial charge in [0, 0.05) is 18.1 Å². The predicted octanol–water partition coefficient (Wildman–Crippen LogP) is 3.57. The molecule has 30 heavy (non-hydrogen) atoms. The molecule has 2 heterocycles. The minimum absolute atomic E-state index is 0.0303. The summed E-state index contributed by atoms with van der Waals surface area (Å²) in [6.45, 7) is 3.26. The Kier molecular flexibility index (Phi) is 5.90. The molecule has 0 aliphatic rings.